The van der Waals surface area contributed by atoms with Crippen LogP contribution in [0.4, 0.5) is 0 Å². The van der Waals surface area contributed by atoms with E-state index in [1.807, 2.05) is 38.1 Å². The van der Waals surface area contributed by atoms with Crippen molar-refractivity contribution in [2.75, 3.05) is 0 Å². The molecule has 30 heavy (non-hydrogen) atoms. The van der Waals surface area contributed by atoms with E-state index in [-0.39, 0.29) is 17.5 Å². The summed E-state index contributed by atoms with van der Waals surface area (Å²) in [5, 5.41) is 7.38. The Morgan fingerprint density at radius 1 is 1.20 bits per heavy atom. The molecule has 0 aliphatic carbocycles. The molecular formula is C21H19ClN6O2. The van der Waals surface area contributed by atoms with Crippen molar-refractivity contribution in [3.63, 3.8) is 0 Å². The number of hydrogen-bond donors (Lipinski definition) is 1. The number of nitrogens with one attached hydrogen (secondary N) is 1. The minimum Gasteiger partial charge on any atom is -0.347 e. The van der Waals surface area contributed by atoms with E-state index in [2.05, 4.69) is 25.4 Å². The van der Waals surface area contributed by atoms with Gasteiger partial charge in [0.25, 0.3) is 11.8 Å². The molecule has 0 radical (unpaired) electrons. The fraction of sp³-hybridized carbons (Fsp3) is 0.190. The fourth-order valence-electron chi connectivity index (χ4n) is 2.73. The zero-order valence-corrected chi connectivity index (χ0v) is 17.2. The molecule has 8 nitrogen and oxygen atoms in total. The zero-order valence-electron chi connectivity index (χ0n) is 16.4. The summed E-state index contributed by atoms with van der Waals surface area (Å²) in [6, 6.07) is 11.0. The van der Waals surface area contributed by atoms with Crippen LogP contribution in [-0.4, -0.2) is 30.6 Å². The Labute approximate surface area is 177 Å². The molecule has 0 atom stereocenters. The Bertz CT molecular complexity index is 1170. The van der Waals surface area contributed by atoms with E-state index >= 15 is 0 Å². The van der Waals surface area contributed by atoms with Crippen molar-refractivity contribution in [3.8, 4) is 17.3 Å². The van der Waals surface area contributed by atoms with Gasteiger partial charge in [0.1, 0.15) is 17.8 Å². The van der Waals surface area contributed by atoms with Gasteiger partial charge in [-0.25, -0.2) is 9.97 Å². The molecule has 0 aliphatic heterocycles. The number of benzene rings is 1. The third kappa shape index (κ3) is 4.23. The molecule has 0 fully saturated rings. The van der Waals surface area contributed by atoms with E-state index in [1.165, 1.54) is 6.33 Å². The lowest BCUT2D eigenvalue weighted by atomic mass is 10.2. The SMILES string of the molecule is CC(C)c1noc(-c2ccc(-n3cnc(C(=O)NCc4ccccc4Cl)c3)nc2)n1. The van der Waals surface area contributed by atoms with Gasteiger partial charge in [0.15, 0.2) is 5.82 Å². The van der Waals surface area contributed by atoms with Crippen LogP contribution in [0.1, 0.15) is 41.6 Å². The van der Waals surface area contributed by atoms with E-state index in [4.69, 9.17) is 16.1 Å². The summed E-state index contributed by atoms with van der Waals surface area (Å²) in [5.74, 6) is 1.57. The van der Waals surface area contributed by atoms with Crippen LogP contribution in [0.2, 0.25) is 5.02 Å². The minimum absolute atomic E-state index is 0.183. The lowest BCUT2D eigenvalue weighted by molar-refractivity contribution is 0.0946. The summed E-state index contributed by atoms with van der Waals surface area (Å²) in [7, 11) is 0. The predicted octanol–water partition coefficient (Wildman–Crippen LogP) is 4.02. The van der Waals surface area contributed by atoms with Crippen molar-refractivity contribution in [1.29, 1.82) is 0 Å². The van der Waals surface area contributed by atoms with Gasteiger partial charge in [-0.15, -0.1) is 0 Å². The Hall–Kier alpha value is -3.52. The van der Waals surface area contributed by atoms with E-state index < -0.39 is 0 Å². The first-order valence-corrected chi connectivity index (χ1v) is 9.75. The number of aromatic nitrogens is 5. The van der Waals surface area contributed by atoms with Crippen LogP contribution in [0.5, 0.6) is 0 Å². The molecule has 1 amide bonds. The maximum Gasteiger partial charge on any atom is 0.271 e. The Kier molecular flexibility index (Phi) is 5.58. The minimum atomic E-state index is -0.294. The number of halogens is 1. The van der Waals surface area contributed by atoms with Crippen LogP contribution in [0.15, 0.2) is 59.6 Å². The monoisotopic (exact) mass is 422 g/mol. The number of nitrogens with zero attached hydrogens (tertiary/aromatic N) is 5. The number of carbonyl (C=O) groups excluding carboxylic acids is 1. The second-order valence-corrected chi connectivity index (χ2v) is 7.36. The second kappa shape index (κ2) is 8.46. The molecule has 4 rings (SSSR count). The van der Waals surface area contributed by atoms with Crippen molar-refractivity contribution >= 4 is 17.5 Å². The summed E-state index contributed by atoms with van der Waals surface area (Å²) in [5.41, 5.74) is 1.84. The molecule has 3 heterocycles. The predicted molar refractivity (Wildman–Crippen MR) is 111 cm³/mol. The quantitative estimate of drug-likeness (QED) is 0.503. The van der Waals surface area contributed by atoms with Gasteiger partial charge < -0.3 is 9.84 Å². The van der Waals surface area contributed by atoms with Gasteiger partial charge >= 0.3 is 0 Å². The molecule has 152 valence electrons. The highest BCUT2D eigenvalue weighted by atomic mass is 35.5. The van der Waals surface area contributed by atoms with Crippen LogP contribution < -0.4 is 5.32 Å². The van der Waals surface area contributed by atoms with Crippen molar-refractivity contribution in [2.45, 2.75) is 26.3 Å². The first-order valence-electron chi connectivity index (χ1n) is 9.37. The topological polar surface area (TPSA) is 98.7 Å². The van der Waals surface area contributed by atoms with Crippen molar-refractivity contribution in [2.24, 2.45) is 0 Å². The third-order valence-electron chi connectivity index (χ3n) is 4.43. The fourth-order valence-corrected chi connectivity index (χ4v) is 2.93. The highest BCUT2D eigenvalue weighted by molar-refractivity contribution is 6.31. The van der Waals surface area contributed by atoms with E-state index in [0.717, 1.165) is 11.1 Å². The molecular weight excluding hydrogens is 404 g/mol. The molecule has 4 aromatic rings. The third-order valence-corrected chi connectivity index (χ3v) is 4.80. The Balaban J connectivity index is 1.44. The van der Waals surface area contributed by atoms with E-state index in [0.29, 0.717) is 29.1 Å². The molecule has 0 saturated carbocycles. The highest BCUT2D eigenvalue weighted by Crippen LogP contribution is 2.20. The van der Waals surface area contributed by atoms with Crippen molar-refractivity contribution in [3.05, 3.63) is 77.2 Å². The van der Waals surface area contributed by atoms with Crippen molar-refractivity contribution in [1.82, 2.24) is 30.0 Å². The lowest BCUT2D eigenvalue weighted by Gasteiger charge is -2.05. The van der Waals surface area contributed by atoms with E-state index in [9.17, 15) is 4.79 Å². The molecule has 3 aromatic heterocycles. The number of carbonyl (C=O) groups is 1. The van der Waals surface area contributed by atoms with Gasteiger partial charge in [0, 0.05) is 29.9 Å². The number of pyridine rings is 1. The first kappa shape index (κ1) is 19.8. The van der Waals surface area contributed by atoms with E-state index in [1.54, 1.807) is 29.1 Å². The molecule has 0 saturated heterocycles. The van der Waals surface area contributed by atoms with Gasteiger partial charge in [-0.2, -0.15) is 4.98 Å². The molecule has 0 spiro atoms. The molecule has 0 bridgehead atoms. The lowest BCUT2D eigenvalue weighted by Crippen LogP contribution is -2.23. The first-order chi connectivity index (χ1) is 14.5. The summed E-state index contributed by atoms with van der Waals surface area (Å²) >= 11 is 6.12. The smallest absolute Gasteiger partial charge is 0.271 e. The normalized spacial score (nSPS) is 11.1. The highest BCUT2D eigenvalue weighted by Gasteiger charge is 2.14. The number of hydrogen-bond acceptors (Lipinski definition) is 6. The summed E-state index contributed by atoms with van der Waals surface area (Å²) < 4.78 is 6.95. The average molecular weight is 423 g/mol. The van der Waals surface area contributed by atoms with Gasteiger partial charge in [-0.1, -0.05) is 48.8 Å². The molecule has 0 aliphatic rings. The Morgan fingerprint density at radius 2 is 2.03 bits per heavy atom. The average Bonchev–Trinajstić information content (AvgIpc) is 3.43. The maximum atomic E-state index is 12.4. The molecule has 9 heteroatoms. The van der Waals surface area contributed by atoms with Gasteiger partial charge in [-0.3, -0.25) is 9.36 Å². The number of rotatable bonds is 6. The van der Waals surface area contributed by atoms with Gasteiger partial charge in [0.05, 0.1) is 5.56 Å². The summed E-state index contributed by atoms with van der Waals surface area (Å²) in [4.78, 5) is 25.3. The maximum absolute atomic E-state index is 12.4. The number of amides is 1. The summed E-state index contributed by atoms with van der Waals surface area (Å²) in [6.07, 6.45) is 4.80. The van der Waals surface area contributed by atoms with Crippen LogP contribution >= 0.6 is 11.6 Å². The number of imidazole rings is 1. The largest absolute Gasteiger partial charge is 0.347 e. The van der Waals surface area contributed by atoms with Gasteiger partial charge in [-0.05, 0) is 23.8 Å². The Morgan fingerprint density at radius 3 is 2.73 bits per heavy atom. The van der Waals surface area contributed by atoms with Crippen LogP contribution in [0.3, 0.4) is 0 Å². The molecule has 1 aromatic carbocycles. The van der Waals surface area contributed by atoms with Crippen LogP contribution in [0.25, 0.3) is 17.3 Å². The standard InChI is InChI=1S/C21H19ClN6O2/c1-13(2)19-26-21(30-27-19)15-7-8-18(23-10-15)28-11-17(25-12-28)20(29)24-9-14-5-3-4-6-16(14)22/h3-8,10-13H,9H2,1-2H3,(H,24,29). The molecule has 0 unspecified atom stereocenters. The van der Waals surface area contributed by atoms with Crippen LogP contribution in [-0.2, 0) is 6.54 Å². The van der Waals surface area contributed by atoms with Gasteiger partial charge in [0.2, 0.25) is 0 Å². The van der Waals surface area contributed by atoms with Crippen molar-refractivity contribution < 1.29 is 9.32 Å². The second-order valence-electron chi connectivity index (χ2n) is 6.96. The summed E-state index contributed by atoms with van der Waals surface area (Å²) in [6.45, 7) is 4.31. The van der Waals surface area contributed by atoms with Crippen LogP contribution in [0, 0.1) is 0 Å². The molecule has 1 N–H and O–H groups in total. The zero-order chi connectivity index (χ0) is 21.1.